The SMILES string of the molecule is COC1(c2cc(F)c(-c3ccc4cnc(Nc5cnccc5N5C[C@@H](N)[C@@H](N(C)C(C)=O)[C@@H](C)C5)n4n3)c(F)c2)CCCC1. The third-order valence-electron chi connectivity index (χ3n) is 9.30. The molecule has 0 bridgehead atoms. The Balaban J connectivity index is 1.30. The van der Waals surface area contributed by atoms with Crippen LogP contribution in [-0.2, 0) is 15.1 Å². The smallest absolute Gasteiger partial charge is 0.229 e. The molecule has 12 heteroatoms. The molecule has 4 heterocycles. The first-order valence-corrected chi connectivity index (χ1v) is 15.0. The molecule has 3 N–H and O–H groups in total. The van der Waals surface area contributed by atoms with Crippen LogP contribution in [0.1, 0.15) is 45.1 Å². The van der Waals surface area contributed by atoms with Crippen LogP contribution in [0.25, 0.3) is 16.8 Å². The molecule has 4 aromatic rings. The number of aromatic nitrogens is 4. The average molecular weight is 605 g/mol. The fourth-order valence-corrected chi connectivity index (χ4v) is 7.01. The lowest BCUT2D eigenvalue weighted by molar-refractivity contribution is -0.131. The van der Waals surface area contributed by atoms with Gasteiger partial charge in [-0.3, -0.25) is 9.78 Å². The number of methoxy groups -OCH3 is 1. The zero-order valence-electron chi connectivity index (χ0n) is 25.4. The largest absolute Gasteiger partial charge is 0.374 e. The van der Waals surface area contributed by atoms with Crippen molar-refractivity contribution in [2.24, 2.45) is 11.7 Å². The zero-order chi connectivity index (χ0) is 31.2. The summed E-state index contributed by atoms with van der Waals surface area (Å²) in [5.41, 5.74) is 8.55. The van der Waals surface area contributed by atoms with Crippen molar-refractivity contribution < 1.29 is 18.3 Å². The van der Waals surface area contributed by atoms with Crippen LogP contribution in [0.5, 0.6) is 0 Å². The average Bonchev–Trinajstić information content (AvgIpc) is 3.65. The number of carbonyl (C=O) groups excluding carboxylic acids is 1. The molecule has 232 valence electrons. The van der Waals surface area contributed by atoms with E-state index in [1.54, 1.807) is 56.7 Å². The number of nitrogens with zero attached hydrogens (tertiary/aromatic N) is 6. The van der Waals surface area contributed by atoms with Crippen molar-refractivity contribution in [2.45, 2.75) is 57.2 Å². The van der Waals surface area contributed by atoms with Crippen molar-refractivity contribution in [3.8, 4) is 11.3 Å². The summed E-state index contributed by atoms with van der Waals surface area (Å²) in [5.74, 6) is -0.916. The van der Waals surface area contributed by atoms with E-state index in [9.17, 15) is 4.79 Å². The fraction of sp³-hybridized carbons (Fsp3) is 0.438. The molecule has 3 aromatic heterocycles. The minimum atomic E-state index is -0.691. The van der Waals surface area contributed by atoms with E-state index in [2.05, 4.69) is 32.2 Å². The van der Waals surface area contributed by atoms with E-state index < -0.39 is 17.2 Å². The number of imidazole rings is 1. The van der Waals surface area contributed by atoms with Crippen molar-refractivity contribution in [3.05, 3.63) is 66.1 Å². The highest BCUT2D eigenvalue weighted by Gasteiger charge is 2.38. The molecule has 1 aliphatic heterocycles. The molecule has 1 saturated carbocycles. The molecule has 6 rings (SSSR count). The number of benzene rings is 1. The summed E-state index contributed by atoms with van der Waals surface area (Å²) in [7, 11) is 3.39. The second-order valence-electron chi connectivity index (χ2n) is 12.0. The van der Waals surface area contributed by atoms with Gasteiger partial charge in [0.25, 0.3) is 0 Å². The number of halogens is 2. The second kappa shape index (κ2) is 11.7. The van der Waals surface area contributed by atoms with Crippen LogP contribution >= 0.6 is 0 Å². The predicted octanol–water partition coefficient (Wildman–Crippen LogP) is 4.86. The Labute approximate surface area is 255 Å². The molecule has 0 spiro atoms. The summed E-state index contributed by atoms with van der Waals surface area (Å²) in [5, 5.41) is 7.91. The number of nitrogens with two attached hydrogens (primary N) is 1. The van der Waals surface area contributed by atoms with Gasteiger partial charge in [-0.05, 0) is 54.7 Å². The maximum absolute atomic E-state index is 15.6. The van der Waals surface area contributed by atoms with Crippen molar-refractivity contribution in [2.75, 3.05) is 37.5 Å². The number of ether oxygens (including phenoxy) is 1. The lowest BCUT2D eigenvalue weighted by Crippen LogP contribution is -2.62. The van der Waals surface area contributed by atoms with Gasteiger partial charge in [-0.15, -0.1) is 0 Å². The van der Waals surface area contributed by atoms with Crippen LogP contribution in [0.15, 0.2) is 48.9 Å². The Morgan fingerprint density at radius 2 is 1.86 bits per heavy atom. The van der Waals surface area contributed by atoms with Gasteiger partial charge in [0.1, 0.15) is 11.6 Å². The van der Waals surface area contributed by atoms with Crippen LogP contribution in [-0.4, -0.2) is 69.7 Å². The number of hydrogen-bond acceptors (Lipinski definition) is 8. The standard InChI is InChI=1S/C32H38F2N8O2/c1-19-17-41(18-25(35)30(19)40(3)20(2)43)28-9-12-36-16-27(28)38-31-37-15-22-7-8-26(39-42(22)31)29-23(33)13-21(14-24(29)34)32(44-4)10-5-6-11-32/h7-9,12-16,19,25,30H,5-6,10-11,17-18,35H2,1-4H3,(H,37,38)/t19-,25+,30-/m0/s1. The van der Waals surface area contributed by atoms with E-state index in [1.807, 2.05) is 6.07 Å². The van der Waals surface area contributed by atoms with E-state index >= 15 is 8.78 Å². The molecule has 10 nitrogen and oxygen atoms in total. The minimum Gasteiger partial charge on any atom is -0.374 e. The van der Waals surface area contributed by atoms with Crippen LogP contribution in [0.3, 0.4) is 0 Å². The van der Waals surface area contributed by atoms with Crippen molar-refractivity contribution in [1.82, 2.24) is 24.5 Å². The fourth-order valence-electron chi connectivity index (χ4n) is 7.01. The zero-order valence-corrected chi connectivity index (χ0v) is 25.4. The first-order valence-electron chi connectivity index (χ1n) is 15.0. The highest BCUT2D eigenvalue weighted by atomic mass is 19.1. The summed E-state index contributed by atoms with van der Waals surface area (Å²) in [4.78, 5) is 24.7. The summed E-state index contributed by atoms with van der Waals surface area (Å²) >= 11 is 0. The molecule has 0 radical (unpaired) electrons. The molecular weight excluding hydrogens is 566 g/mol. The Morgan fingerprint density at radius 3 is 2.52 bits per heavy atom. The number of amides is 1. The number of carbonyl (C=O) groups is 1. The first kappa shape index (κ1) is 29.9. The Morgan fingerprint density at radius 1 is 1.14 bits per heavy atom. The third-order valence-corrected chi connectivity index (χ3v) is 9.30. The van der Waals surface area contributed by atoms with Crippen LogP contribution < -0.4 is 16.0 Å². The Kier molecular flexibility index (Phi) is 7.97. The number of pyridine rings is 1. The number of likely N-dealkylation sites (N-methyl/N-ethyl adjacent to an activating group) is 1. The second-order valence-corrected chi connectivity index (χ2v) is 12.0. The highest BCUT2D eigenvalue weighted by Crippen LogP contribution is 2.43. The number of nitrogens with one attached hydrogen (secondary N) is 1. The number of rotatable bonds is 7. The minimum absolute atomic E-state index is 0.0153. The number of anilines is 3. The van der Waals surface area contributed by atoms with Crippen molar-refractivity contribution in [3.63, 3.8) is 0 Å². The van der Waals surface area contributed by atoms with Gasteiger partial charge in [-0.2, -0.15) is 9.61 Å². The van der Waals surface area contributed by atoms with Crippen molar-refractivity contribution in [1.29, 1.82) is 0 Å². The van der Waals surface area contributed by atoms with E-state index in [1.165, 1.54) is 16.6 Å². The topological polar surface area (TPSA) is 114 Å². The van der Waals surface area contributed by atoms with Gasteiger partial charge in [0.15, 0.2) is 0 Å². The van der Waals surface area contributed by atoms with Crippen LogP contribution in [0.2, 0.25) is 0 Å². The first-order chi connectivity index (χ1) is 21.1. The lowest BCUT2D eigenvalue weighted by atomic mass is 9.88. The molecule has 1 aromatic carbocycles. The quantitative estimate of drug-likeness (QED) is 0.308. The maximum atomic E-state index is 15.6. The molecule has 44 heavy (non-hydrogen) atoms. The number of piperidine rings is 1. The predicted molar refractivity (Wildman–Crippen MR) is 165 cm³/mol. The molecule has 2 fully saturated rings. The Hall–Kier alpha value is -4.16. The van der Waals surface area contributed by atoms with Gasteiger partial charge in [0, 0.05) is 46.4 Å². The van der Waals surface area contributed by atoms with Gasteiger partial charge >= 0.3 is 0 Å². The molecular formula is C32H38F2N8O2. The van der Waals surface area contributed by atoms with E-state index in [0.717, 1.165) is 31.4 Å². The monoisotopic (exact) mass is 604 g/mol. The van der Waals surface area contributed by atoms with E-state index in [-0.39, 0.29) is 35.2 Å². The molecule has 3 atom stereocenters. The highest BCUT2D eigenvalue weighted by molar-refractivity contribution is 5.75. The molecule has 2 aliphatic rings. The summed E-state index contributed by atoms with van der Waals surface area (Å²) in [6.07, 6.45) is 8.39. The van der Waals surface area contributed by atoms with Gasteiger partial charge in [-0.25, -0.2) is 13.8 Å². The van der Waals surface area contributed by atoms with E-state index in [0.29, 0.717) is 35.8 Å². The normalized spacial score (nSPS) is 21.5. The van der Waals surface area contributed by atoms with Gasteiger partial charge in [0.2, 0.25) is 11.9 Å². The summed E-state index contributed by atoms with van der Waals surface area (Å²) in [6.45, 7) is 4.86. The van der Waals surface area contributed by atoms with Crippen molar-refractivity contribution >= 4 is 28.7 Å². The van der Waals surface area contributed by atoms with E-state index in [4.69, 9.17) is 10.5 Å². The Bertz CT molecular complexity index is 1650. The lowest BCUT2D eigenvalue weighted by Gasteiger charge is -2.46. The van der Waals surface area contributed by atoms with Gasteiger partial charge in [0.05, 0.1) is 52.2 Å². The number of fused-ring (bicyclic) bond motifs is 1. The molecule has 1 saturated heterocycles. The molecule has 0 unspecified atom stereocenters. The van der Waals surface area contributed by atoms with Crippen LogP contribution in [0, 0.1) is 17.6 Å². The maximum Gasteiger partial charge on any atom is 0.229 e. The van der Waals surface area contributed by atoms with Crippen LogP contribution in [0.4, 0.5) is 26.1 Å². The molecule has 1 aliphatic carbocycles. The summed E-state index contributed by atoms with van der Waals surface area (Å²) in [6, 6.07) is 7.62. The third kappa shape index (κ3) is 5.26. The summed E-state index contributed by atoms with van der Waals surface area (Å²) < 4.78 is 38.4. The number of hydrogen-bond donors (Lipinski definition) is 2. The molecule has 1 amide bonds. The van der Waals surface area contributed by atoms with Gasteiger partial charge in [-0.1, -0.05) is 19.8 Å². The van der Waals surface area contributed by atoms with Gasteiger partial charge < -0.3 is 25.6 Å².